The molecule has 1 aliphatic rings. The van der Waals surface area contributed by atoms with Crippen molar-refractivity contribution < 1.29 is 0 Å². The Morgan fingerprint density at radius 2 is 1.89 bits per heavy atom. The second-order valence-electron chi connectivity index (χ2n) is 5.54. The zero-order valence-corrected chi connectivity index (χ0v) is 12.4. The first-order valence-corrected chi connectivity index (χ1v) is 7.46. The number of aromatic nitrogens is 2. The molecule has 0 radical (unpaired) electrons. The lowest BCUT2D eigenvalue weighted by atomic mass is 9.90. The molecule has 0 unspecified atom stereocenters. The van der Waals surface area contributed by atoms with Gasteiger partial charge in [-0.25, -0.2) is 4.98 Å². The molecule has 1 aromatic heterocycles. The van der Waals surface area contributed by atoms with E-state index in [0.717, 1.165) is 18.1 Å². The lowest BCUT2D eigenvalue weighted by Gasteiger charge is -2.36. The van der Waals surface area contributed by atoms with Gasteiger partial charge in [0, 0.05) is 31.5 Å². The summed E-state index contributed by atoms with van der Waals surface area (Å²) in [6, 6.07) is 1.32. The van der Waals surface area contributed by atoms with Crippen molar-refractivity contribution >= 4 is 5.82 Å². The lowest BCUT2D eigenvalue weighted by Crippen LogP contribution is -2.41. The second-order valence-corrected chi connectivity index (χ2v) is 5.54. The molecule has 4 nitrogen and oxygen atoms in total. The third-order valence-corrected chi connectivity index (χ3v) is 4.12. The third-order valence-electron chi connectivity index (χ3n) is 4.12. The van der Waals surface area contributed by atoms with Gasteiger partial charge in [-0.2, -0.15) is 0 Å². The first kappa shape index (κ1) is 14.3. The van der Waals surface area contributed by atoms with E-state index < -0.39 is 0 Å². The number of nitrogens with one attached hydrogen (secondary N) is 1. The molecule has 1 N–H and O–H groups in total. The van der Waals surface area contributed by atoms with Gasteiger partial charge in [0.1, 0.15) is 5.82 Å². The van der Waals surface area contributed by atoms with E-state index in [2.05, 4.69) is 34.2 Å². The van der Waals surface area contributed by atoms with Gasteiger partial charge in [-0.1, -0.05) is 6.92 Å². The average Bonchev–Trinajstić information content (AvgIpc) is 2.45. The molecule has 1 aliphatic carbocycles. The van der Waals surface area contributed by atoms with Crippen molar-refractivity contribution in [3.63, 3.8) is 0 Å². The molecule has 0 aromatic carbocycles. The van der Waals surface area contributed by atoms with E-state index in [4.69, 9.17) is 0 Å². The van der Waals surface area contributed by atoms with E-state index in [0.29, 0.717) is 12.1 Å². The molecular weight excluding hydrogens is 236 g/mol. The predicted octanol–water partition coefficient (Wildman–Crippen LogP) is 2.53. The predicted molar refractivity (Wildman–Crippen MR) is 79.5 cm³/mol. The Kier molecular flexibility index (Phi) is 5.14. The van der Waals surface area contributed by atoms with E-state index in [9.17, 15) is 0 Å². The van der Waals surface area contributed by atoms with Crippen LogP contribution in [0.3, 0.4) is 0 Å². The zero-order chi connectivity index (χ0) is 13.7. The Bertz CT molecular complexity index is 385. The van der Waals surface area contributed by atoms with Crippen molar-refractivity contribution in [3.8, 4) is 0 Å². The van der Waals surface area contributed by atoms with Gasteiger partial charge in [-0.3, -0.25) is 4.98 Å². The van der Waals surface area contributed by atoms with Crippen LogP contribution >= 0.6 is 0 Å². The van der Waals surface area contributed by atoms with Gasteiger partial charge in [-0.15, -0.1) is 0 Å². The van der Waals surface area contributed by atoms with Gasteiger partial charge in [0.15, 0.2) is 0 Å². The molecule has 19 heavy (non-hydrogen) atoms. The van der Waals surface area contributed by atoms with Gasteiger partial charge in [0.25, 0.3) is 0 Å². The highest BCUT2D eigenvalue weighted by molar-refractivity contribution is 5.42. The van der Waals surface area contributed by atoms with Crippen LogP contribution in [-0.2, 0) is 0 Å². The molecule has 1 aromatic rings. The highest BCUT2D eigenvalue weighted by Gasteiger charge is 2.25. The van der Waals surface area contributed by atoms with Crippen LogP contribution in [0.15, 0.2) is 12.4 Å². The van der Waals surface area contributed by atoms with E-state index in [1.54, 1.807) is 12.4 Å². The van der Waals surface area contributed by atoms with Crippen LogP contribution in [0.25, 0.3) is 0 Å². The number of hydrogen-bond acceptors (Lipinski definition) is 4. The number of aryl methyl sites for hydroxylation is 1. The summed E-state index contributed by atoms with van der Waals surface area (Å²) in [5, 5.41) is 3.64. The normalized spacial score (nSPS) is 23.3. The standard InChI is InChI=1S/C15H26N4/c1-4-9-17-13-5-7-14(8-6-13)19(3)15-12(2)16-10-11-18-15/h10-11,13-14,17H,4-9H2,1-3H3. The van der Waals surface area contributed by atoms with Gasteiger partial charge in [0.05, 0.1) is 5.69 Å². The van der Waals surface area contributed by atoms with Crippen molar-refractivity contribution in [2.75, 3.05) is 18.5 Å². The first-order valence-electron chi connectivity index (χ1n) is 7.46. The molecule has 0 saturated heterocycles. The van der Waals surface area contributed by atoms with E-state index in [1.807, 2.05) is 6.92 Å². The Morgan fingerprint density at radius 3 is 2.53 bits per heavy atom. The smallest absolute Gasteiger partial charge is 0.150 e. The molecule has 1 heterocycles. The lowest BCUT2D eigenvalue weighted by molar-refractivity contribution is 0.336. The molecule has 0 aliphatic heterocycles. The van der Waals surface area contributed by atoms with Crippen LogP contribution in [0.2, 0.25) is 0 Å². The monoisotopic (exact) mass is 262 g/mol. The van der Waals surface area contributed by atoms with Crippen LogP contribution in [0, 0.1) is 6.92 Å². The summed E-state index contributed by atoms with van der Waals surface area (Å²) in [5.74, 6) is 1.03. The minimum Gasteiger partial charge on any atom is -0.355 e. The van der Waals surface area contributed by atoms with Gasteiger partial charge >= 0.3 is 0 Å². The fraction of sp³-hybridized carbons (Fsp3) is 0.733. The van der Waals surface area contributed by atoms with Gasteiger partial charge in [-0.05, 0) is 45.6 Å². The summed E-state index contributed by atoms with van der Waals surface area (Å²) in [6.07, 6.45) is 9.80. The van der Waals surface area contributed by atoms with Crippen LogP contribution in [0.5, 0.6) is 0 Å². The molecule has 1 saturated carbocycles. The number of anilines is 1. The van der Waals surface area contributed by atoms with Crippen LogP contribution in [-0.4, -0.2) is 35.6 Å². The van der Waals surface area contributed by atoms with Crippen molar-refractivity contribution in [1.82, 2.24) is 15.3 Å². The summed E-state index contributed by atoms with van der Waals surface area (Å²) in [4.78, 5) is 11.1. The minimum atomic E-state index is 0.607. The molecule has 0 spiro atoms. The number of nitrogens with zero attached hydrogens (tertiary/aromatic N) is 3. The first-order chi connectivity index (χ1) is 9.22. The SMILES string of the molecule is CCCNC1CCC(N(C)c2nccnc2C)CC1. The Hall–Kier alpha value is -1.16. The maximum absolute atomic E-state index is 4.47. The molecule has 1 fully saturated rings. The van der Waals surface area contributed by atoms with Crippen molar-refractivity contribution in [3.05, 3.63) is 18.1 Å². The highest BCUT2D eigenvalue weighted by Crippen LogP contribution is 2.26. The average molecular weight is 262 g/mol. The quantitative estimate of drug-likeness (QED) is 0.885. The molecule has 106 valence electrons. The van der Waals surface area contributed by atoms with Crippen molar-refractivity contribution in [2.24, 2.45) is 0 Å². The molecule has 0 atom stereocenters. The van der Waals surface area contributed by atoms with Crippen LogP contribution < -0.4 is 10.2 Å². The van der Waals surface area contributed by atoms with Crippen molar-refractivity contribution in [2.45, 2.75) is 58.0 Å². The Balaban J connectivity index is 1.89. The molecule has 0 amide bonds. The largest absolute Gasteiger partial charge is 0.355 e. The Morgan fingerprint density at radius 1 is 1.21 bits per heavy atom. The summed E-state index contributed by atoms with van der Waals surface area (Å²) in [5.41, 5.74) is 1.02. The fourth-order valence-corrected chi connectivity index (χ4v) is 2.94. The summed E-state index contributed by atoms with van der Waals surface area (Å²) < 4.78 is 0. The number of rotatable bonds is 5. The Labute approximate surface area is 116 Å². The summed E-state index contributed by atoms with van der Waals surface area (Å²) >= 11 is 0. The molecular formula is C15H26N4. The van der Waals surface area contributed by atoms with Crippen LogP contribution in [0.4, 0.5) is 5.82 Å². The van der Waals surface area contributed by atoms with Gasteiger partial charge in [0.2, 0.25) is 0 Å². The highest BCUT2D eigenvalue weighted by atomic mass is 15.2. The summed E-state index contributed by atoms with van der Waals surface area (Å²) in [7, 11) is 2.15. The fourth-order valence-electron chi connectivity index (χ4n) is 2.94. The zero-order valence-electron chi connectivity index (χ0n) is 12.4. The number of hydrogen-bond donors (Lipinski definition) is 1. The third kappa shape index (κ3) is 3.66. The van der Waals surface area contributed by atoms with E-state index >= 15 is 0 Å². The maximum Gasteiger partial charge on any atom is 0.150 e. The van der Waals surface area contributed by atoms with E-state index in [1.165, 1.54) is 32.1 Å². The molecule has 4 heteroatoms. The minimum absolute atomic E-state index is 0.607. The van der Waals surface area contributed by atoms with Crippen LogP contribution in [0.1, 0.15) is 44.7 Å². The second kappa shape index (κ2) is 6.85. The van der Waals surface area contributed by atoms with Gasteiger partial charge < -0.3 is 10.2 Å². The summed E-state index contributed by atoms with van der Waals surface area (Å²) in [6.45, 7) is 5.41. The molecule has 0 bridgehead atoms. The topological polar surface area (TPSA) is 41.0 Å². The molecule has 2 rings (SSSR count). The van der Waals surface area contributed by atoms with E-state index in [-0.39, 0.29) is 0 Å². The van der Waals surface area contributed by atoms with Crippen molar-refractivity contribution in [1.29, 1.82) is 0 Å². The maximum atomic E-state index is 4.47.